The van der Waals surface area contributed by atoms with E-state index in [0.717, 1.165) is 0 Å². The zero-order valence-electron chi connectivity index (χ0n) is 5.60. The predicted octanol–water partition coefficient (Wildman–Crippen LogP) is 0.424. The molecule has 0 atom stereocenters. The second-order valence-electron chi connectivity index (χ2n) is 1.82. The smallest absolute Gasteiger partial charge is 0.390 e. The largest absolute Gasteiger partial charge is 0.435 e. The Hall–Kier alpha value is -1.83. The minimum absolute atomic E-state index is 0.177. The number of imidazole rings is 1. The number of aromatic nitrogens is 2. The molecule has 0 aliphatic rings. The van der Waals surface area contributed by atoms with Crippen molar-refractivity contribution in [3.05, 3.63) is 22.5 Å². The molecule has 56 valence electrons. The van der Waals surface area contributed by atoms with Crippen LogP contribution >= 0.6 is 0 Å². The van der Waals surface area contributed by atoms with E-state index in [1.807, 2.05) is 0 Å². The van der Waals surface area contributed by atoms with Gasteiger partial charge in [0.25, 0.3) is 0 Å². The lowest BCUT2D eigenvalue weighted by Gasteiger charge is -1.94. The van der Waals surface area contributed by atoms with Gasteiger partial charge in [0.15, 0.2) is 0 Å². The monoisotopic (exact) mass is 151 g/mol. The summed E-state index contributed by atoms with van der Waals surface area (Å²) < 4.78 is 1.29. The first-order valence-corrected chi connectivity index (χ1v) is 2.84. The Balaban J connectivity index is 2.98. The number of hydrogen-bond acceptors (Lipinski definition) is 3. The van der Waals surface area contributed by atoms with Gasteiger partial charge in [0.05, 0.1) is 0 Å². The molecule has 0 aliphatic heterocycles. The van der Waals surface area contributed by atoms with E-state index in [0.29, 0.717) is 0 Å². The number of nitro groups is 1. The molecule has 0 unspecified atom stereocenters. The molecule has 0 saturated carbocycles. The molecule has 1 heterocycles. The van der Waals surface area contributed by atoms with Crippen molar-refractivity contribution in [2.24, 2.45) is 0 Å². The maximum absolute atomic E-state index is 10.2. The number of terminal acetylenes is 1. The van der Waals surface area contributed by atoms with Crippen molar-refractivity contribution in [1.29, 1.82) is 0 Å². The summed E-state index contributed by atoms with van der Waals surface area (Å²) in [5.41, 5.74) is 0. The zero-order chi connectivity index (χ0) is 8.27. The molecule has 0 saturated heterocycles. The SMILES string of the molecule is C#CCn1ccnc1[N+](=O)[O-]. The van der Waals surface area contributed by atoms with Crippen LogP contribution in [0.3, 0.4) is 0 Å². The quantitative estimate of drug-likeness (QED) is 0.349. The summed E-state index contributed by atoms with van der Waals surface area (Å²) in [6, 6.07) is 0. The molecule has 1 aromatic heterocycles. The molecule has 0 bridgehead atoms. The van der Waals surface area contributed by atoms with Crippen LogP contribution < -0.4 is 0 Å². The first-order chi connectivity index (χ1) is 5.25. The lowest BCUT2D eigenvalue weighted by atomic mass is 10.6. The van der Waals surface area contributed by atoms with Gasteiger partial charge >= 0.3 is 5.95 Å². The van der Waals surface area contributed by atoms with Gasteiger partial charge in [0.2, 0.25) is 0 Å². The van der Waals surface area contributed by atoms with Crippen molar-refractivity contribution >= 4 is 5.95 Å². The van der Waals surface area contributed by atoms with Crippen LogP contribution in [0, 0.1) is 22.5 Å². The third-order valence-corrected chi connectivity index (χ3v) is 1.12. The maximum atomic E-state index is 10.2. The molecule has 5 nitrogen and oxygen atoms in total. The molecule has 1 rings (SSSR count). The fourth-order valence-electron chi connectivity index (χ4n) is 0.695. The van der Waals surface area contributed by atoms with Gasteiger partial charge in [-0.05, 0) is 4.92 Å². The van der Waals surface area contributed by atoms with Gasteiger partial charge in [0, 0.05) is 0 Å². The Morgan fingerprint density at radius 2 is 2.64 bits per heavy atom. The summed E-state index contributed by atoms with van der Waals surface area (Å²) in [6.07, 6.45) is 7.78. The first kappa shape index (κ1) is 7.28. The second kappa shape index (κ2) is 2.84. The summed E-state index contributed by atoms with van der Waals surface area (Å²) in [6.45, 7) is 0.177. The average Bonchev–Trinajstić information content (AvgIpc) is 2.36. The Kier molecular flexibility index (Phi) is 1.88. The summed E-state index contributed by atoms with van der Waals surface area (Å²) in [4.78, 5) is 13.1. The van der Waals surface area contributed by atoms with E-state index in [1.165, 1.54) is 17.0 Å². The summed E-state index contributed by atoms with van der Waals surface area (Å²) in [5.74, 6) is 2.06. The number of hydrogen-bond donors (Lipinski definition) is 0. The van der Waals surface area contributed by atoms with Crippen LogP contribution in [-0.4, -0.2) is 14.5 Å². The lowest BCUT2D eigenvalue weighted by molar-refractivity contribution is -0.396. The molecule has 0 N–H and O–H groups in total. The van der Waals surface area contributed by atoms with Gasteiger partial charge < -0.3 is 10.1 Å². The van der Waals surface area contributed by atoms with Gasteiger partial charge in [-0.25, -0.2) is 4.57 Å². The van der Waals surface area contributed by atoms with Crippen molar-refractivity contribution in [3.63, 3.8) is 0 Å². The third kappa shape index (κ3) is 1.35. The van der Waals surface area contributed by atoms with Gasteiger partial charge in [-0.1, -0.05) is 10.9 Å². The molecule has 1 aromatic rings. The van der Waals surface area contributed by atoms with E-state index in [4.69, 9.17) is 6.42 Å². The fourth-order valence-corrected chi connectivity index (χ4v) is 0.695. The Bertz CT molecular complexity index is 310. The molecular weight excluding hydrogens is 146 g/mol. The molecule has 0 aromatic carbocycles. The van der Waals surface area contributed by atoms with Crippen molar-refractivity contribution in [2.75, 3.05) is 0 Å². The van der Waals surface area contributed by atoms with E-state index in [2.05, 4.69) is 10.9 Å². The molecule has 5 heteroatoms. The van der Waals surface area contributed by atoms with Crippen LogP contribution in [0.4, 0.5) is 5.95 Å². The molecule has 0 spiro atoms. The van der Waals surface area contributed by atoms with Gasteiger partial charge in [-0.3, -0.25) is 0 Å². The highest BCUT2D eigenvalue weighted by Crippen LogP contribution is 2.05. The lowest BCUT2D eigenvalue weighted by Crippen LogP contribution is -2.01. The van der Waals surface area contributed by atoms with Gasteiger partial charge in [-0.2, -0.15) is 0 Å². The fraction of sp³-hybridized carbons (Fsp3) is 0.167. The first-order valence-electron chi connectivity index (χ1n) is 2.84. The average molecular weight is 151 g/mol. The van der Waals surface area contributed by atoms with Crippen LogP contribution in [0.25, 0.3) is 0 Å². The van der Waals surface area contributed by atoms with E-state index in [9.17, 15) is 10.1 Å². The minimum Gasteiger partial charge on any atom is -0.390 e. The van der Waals surface area contributed by atoms with Crippen LogP contribution in [-0.2, 0) is 6.54 Å². The van der Waals surface area contributed by atoms with E-state index >= 15 is 0 Å². The van der Waals surface area contributed by atoms with Crippen molar-refractivity contribution in [1.82, 2.24) is 9.55 Å². The predicted molar refractivity (Wildman–Crippen MR) is 37.7 cm³/mol. The van der Waals surface area contributed by atoms with Crippen molar-refractivity contribution in [3.8, 4) is 12.3 Å². The molecule has 0 aliphatic carbocycles. The van der Waals surface area contributed by atoms with Crippen LogP contribution in [0.15, 0.2) is 12.4 Å². The van der Waals surface area contributed by atoms with Crippen LogP contribution in [0.2, 0.25) is 0 Å². The van der Waals surface area contributed by atoms with E-state index in [-0.39, 0.29) is 12.5 Å². The van der Waals surface area contributed by atoms with E-state index in [1.54, 1.807) is 0 Å². The maximum Gasteiger partial charge on any atom is 0.435 e. The minimum atomic E-state index is -0.572. The highest BCUT2D eigenvalue weighted by atomic mass is 16.6. The van der Waals surface area contributed by atoms with Gasteiger partial charge in [0.1, 0.15) is 18.9 Å². The molecule has 0 amide bonds. The highest BCUT2D eigenvalue weighted by Gasteiger charge is 2.11. The Morgan fingerprint density at radius 3 is 3.18 bits per heavy atom. The topological polar surface area (TPSA) is 61.0 Å². The molecule has 0 fully saturated rings. The highest BCUT2D eigenvalue weighted by molar-refractivity contribution is 5.08. The van der Waals surface area contributed by atoms with Crippen molar-refractivity contribution in [2.45, 2.75) is 6.54 Å². The van der Waals surface area contributed by atoms with Crippen LogP contribution in [0.1, 0.15) is 0 Å². The molecule has 11 heavy (non-hydrogen) atoms. The Labute approximate surface area is 62.8 Å². The second-order valence-corrected chi connectivity index (χ2v) is 1.82. The van der Waals surface area contributed by atoms with Crippen molar-refractivity contribution < 1.29 is 4.92 Å². The molecular formula is C6H5N3O2. The normalized spacial score (nSPS) is 9.00. The van der Waals surface area contributed by atoms with Crippen LogP contribution in [0.5, 0.6) is 0 Å². The van der Waals surface area contributed by atoms with E-state index < -0.39 is 4.92 Å². The standard InChI is InChI=1S/C6H5N3O2/c1-2-4-8-5-3-7-6(8)9(10)11/h1,3,5H,4H2. The molecule has 0 radical (unpaired) electrons. The number of nitrogens with zero attached hydrogens (tertiary/aromatic N) is 3. The summed E-state index contributed by atoms with van der Waals surface area (Å²) in [7, 11) is 0. The summed E-state index contributed by atoms with van der Waals surface area (Å²) >= 11 is 0. The third-order valence-electron chi connectivity index (χ3n) is 1.12. The summed E-state index contributed by atoms with van der Waals surface area (Å²) in [5, 5.41) is 10.2. The Morgan fingerprint density at radius 1 is 1.91 bits per heavy atom. The van der Waals surface area contributed by atoms with Gasteiger partial charge in [-0.15, -0.1) is 6.42 Å². The zero-order valence-corrected chi connectivity index (χ0v) is 5.60. The number of rotatable bonds is 2.